The highest BCUT2D eigenvalue weighted by Gasteiger charge is 2.06. The van der Waals surface area contributed by atoms with Crippen LogP contribution in [-0.4, -0.2) is 57.8 Å². The van der Waals surface area contributed by atoms with Crippen molar-refractivity contribution >= 4 is 11.8 Å². The summed E-state index contributed by atoms with van der Waals surface area (Å²) < 4.78 is 6.81. The minimum absolute atomic E-state index is 0.711. The van der Waals surface area contributed by atoms with Gasteiger partial charge in [0.15, 0.2) is 0 Å². The number of pyridine rings is 1. The number of rotatable bonds is 10. The van der Waals surface area contributed by atoms with Crippen LogP contribution in [0.15, 0.2) is 29.7 Å². The molecule has 0 aliphatic heterocycles. The van der Waals surface area contributed by atoms with E-state index in [9.17, 15) is 0 Å². The van der Waals surface area contributed by atoms with E-state index in [1.54, 1.807) is 25.1 Å². The van der Waals surface area contributed by atoms with Crippen molar-refractivity contribution in [3.63, 3.8) is 0 Å². The number of nitrogens with zero attached hydrogens (tertiary/aromatic N) is 5. The Morgan fingerprint density at radius 2 is 2.33 bits per heavy atom. The highest BCUT2D eigenvalue weighted by atomic mass is 32.2. The quantitative estimate of drug-likeness (QED) is 0.510. The summed E-state index contributed by atoms with van der Waals surface area (Å²) in [5, 5.41) is 15.9. The molecule has 0 fully saturated rings. The van der Waals surface area contributed by atoms with Gasteiger partial charge in [-0.05, 0) is 28.5 Å². The fourth-order valence-corrected chi connectivity index (χ4v) is 2.62. The van der Waals surface area contributed by atoms with Gasteiger partial charge in [-0.3, -0.25) is 4.98 Å². The standard InChI is InChI=1S/C13H20N6OS/c1-20-9-7-14-6-8-19-13(16-17-18-19)21-10-4-12-3-2-5-15-11-12/h2-3,5,11,14H,4,6-10H2,1H3. The summed E-state index contributed by atoms with van der Waals surface area (Å²) >= 11 is 1.66. The first-order valence-corrected chi connectivity index (χ1v) is 7.86. The van der Waals surface area contributed by atoms with Crippen molar-refractivity contribution in [3.05, 3.63) is 30.1 Å². The summed E-state index contributed by atoms with van der Waals surface area (Å²) in [5.74, 6) is 0.934. The molecule has 0 bridgehead atoms. The molecular formula is C13H20N6OS. The van der Waals surface area contributed by atoms with E-state index < -0.39 is 0 Å². The van der Waals surface area contributed by atoms with Gasteiger partial charge in [-0.15, -0.1) is 5.10 Å². The molecule has 2 rings (SSSR count). The highest BCUT2D eigenvalue weighted by Crippen LogP contribution is 2.15. The fraction of sp³-hybridized carbons (Fsp3) is 0.538. The van der Waals surface area contributed by atoms with Gasteiger partial charge in [-0.2, -0.15) is 0 Å². The number of hydrogen-bond acceptors (Lipinski definition) is 7. The molecule has 0 saturated heterocycles. The van der Waals surface area contributed by atoms with Gasteiger partial charge < -0.3 is 10.1 Å². The molecule has 114 valence electrons. The minimum Gasteiger partial charge on any atom is -0.383 e. The summed E-state index contributed by atoms with van der Waals surface area (Å²) in [6, 6.07) is 4.03. The molecule has 2 aromatic heterocycles. The Labute approximate surface area is 128 Å². The summed E-state index contributed by atoms with van der Waals surface area (Å²) in [5.41, 5.74) is 1.23. The molecule has 0 radical (unpaired) electrons. The fourth-order valence-electron chi connectivity index (χ4n) is 1.73. The first-order chi connectivity index (χ1) is 10.4. The topological polar surface area (TPSA) is 77.8 Å². The summed E-state index contributed by atoms with van der Waals surface area (Å²) in [4.78, 5) is 4.11. The maximum absolute atomic E-state index is 4.98. The van der Waals surface area contributed by atoms with Crippen LogP contribution in [0.25, 0.3) is 0 Å². The molecule has 0 aliphatic carbocycles. The van der Waals surface area contributed by atoms with E-state index in [1.165, 1.54) is 5.56 Å². The number of aromatic nitrogens is 5. The molecule has 1 N–H and O–H groups in total. The molecule has 0 spiro atoms. The van der Waals surface area contributed by atoms with Gasteiger partial charge in [0.05, 0.1) is 13.2 Å². The van der Waals surface area contributed by atoms with E-state index in [4.69, 9.17) is 4.74 Å². The lowest BCUT2D eigenvalue weighted by Gasteiger charge is -2.06. The number of aryl methyl sites for hydroxylation is 1. The molecule has 2 heterocycles. The monoisotopic (exact) mass is 308 g/mol. The molecule has 8 heteroatoms. The third-order valence-corrected chi connectivity index (χ3v) is 3.79. The molecule has 0 aromatic carbocycles. The zero-order valence-corrected chi connectivity index (χ0v) is 12.9. The molecule has 0 saturated carbocycles. The van der Waals surface area contributed by atoms with Crippen LogP contribution in [0.5, 0.6) is 0 Å². The second-order valence-electron chi connectivity index (χ2n) is 4.39. The van der Waals surface area contributed by atoms with Crippen LogP contribution in [0.2, 0.25) is 0 Å². The van der Waals surface area contributed by atoms with E-state index in [-0.39, 0.29) is 0 Å². The average molecular weight is 308 g/mol. The zero-order valence-electron chi connectivity index (χ0n) is 12.1. The lowest BCUT2D eigenvalue weighted by atomic mass is 10.2. The second kappa shape index (κ2) is 9.43. The summed E-state index contributed by atoms with van der Waals surface area (Å²) in [7, 11) is 1.69. The maximum Gasteiger partial charge on any atom is 0.209 e. The Bertz CT molecular complexity index is 506. The van der Waals surface area contributed by atoms with Gasteiger partial charge in [0.25, 0.3) is 0 Å². The lowest BCUT2D eigenvalue weighted by molar-refractivity contribution is 0.199. The van der Waals surface area contributed by atoms with Crippen LogP contribution in [0.1, 0.15) is 5.56 Å². The molecule has 0 amide bonds. The van der Waals surface area contributed by atoms with Gasteiger partial charge in [-0.25, -0.2) is 4.68 Å². The number of methoxy groups -OCH3 is 1. The van der Waals surface area contributed by atoms with Crippen LogP contribution < -0.4 is 5.32 Å². The Kier molecular flexibility index (Phi) is 7.13. The van der Waals surface area contributed by atoms with E-state index in [0.717, 1.165) is 37.0 Å². The van der Waals surface area contributed by atoms with Crippen molar-refractivity contribution in [2.24, 2.45) is 0 Å². The second-order valence-corrected chi connectivity index (χ2v) is 5.45. The molecular weight excluding hydrogens is 288 g/mol. The molecule has 7 nitrogen and oxygen atoms in total. The zero-order chi connectivity index (χ0) is 14.8. The van der Waals surface area contributed by atoms with E-state index >= 15 is 0 Å². The molecule has 0 aliphatic rings. The van der Waals surface area contributed by atoms with Crippen molar-refractivity contribution in [3.8, 4) is 0 Å². The molecule has 21 heavy (non-hydrogen) atoms. The van der Waals surface area contributed by atoms with Crippen molar-refractivity contribution in [2.75, 3.05) is 32.6 Å². The Morgan fingerprint density at radius 3 is 3.14 bits per heavy atom. The number of tetrazole rings is 1. The molecule has 0 atom stereocenters. The normalized spacial score (nSPS) is 10.9. The Hall–Kier alpha value is -1.51. The maximum atomic E-state index is 4.98. The van der Waals surface area contributed by atoms with Crippen molar-refractivity contribution in [2.45, 2.75) is 18.1 Å². The molecule has 0 unspecified atom stereocenters. The van der Waals surface area contributed by atoms with Crippen LogP contribution in [-0.2, 0) is 17.7 Å². The number of nitrogens with one attached hydrogen (secondary N) is 1. The minimum atomic E-state index is 0.711. The van der Waals surface area contributed by atoms with Crippen molar-refractivity contribution in [1.29, 1.82) is 0 Å². The summed E-state index contributed by atoms with van der Waals surface area (Å²) in [6.07, 6.45) is 4.63. The van der Waals surface area contributed by atoms with Crippen LogP contribution in [0.3, 0.4) is 0 Å². The van der Waals surface area contributed by atoms with Crippen LogP contribution in [0.4, 0.5) is 0 Å². The Balaban J connectivity index is 1.70. The van der Waals surface area contributed by atoms with E-state index in [1.807, 2.05) is 16.9 Å². The third-order valence-electron chi connectivity index (χ3n) is 2.83. The Morgan fingerprint density at radius 1 is 1.38 bits per heavy atom. The van der Waals surface area contributed by atoms with Crippen LogP contribution >= 0.6 is 11.8 Å². The number of ether oxygens (including phenoxy) is 1. The van der Waals surface area contributed by atoms with Gasteiger partial charge in [0, 0.05) is 38.3 Å². The largest absolute Gasteiger partial charge is 0.383 e. The van der Waals surface area contributed by atoms with Gasteiger partial charge in [-0.1, -0.05) is 17.8 Å². The van der Waals surface area contributed by atoms with Gasteiger partial charge >= 0.3 is 0 Å². The highest BCUT2D eigenvalue weighted by molar-refractivity contribution is 7.99. The number of thioether (sulfide) groups is 1. The smallest absolute Gasteiger partial charge is 0.209 e. The van der Waals surface area contributed by atoms with E-state index in [0.29, 0.717) is 6.61 Å². The van der Waals surface area contributed by atoms with E-state index in [2.05, 4.69) is 31.9 Å². The number of hydrogen-bond donors (Lipinski definition) is 1. The SMILES string of the molecule is COCCNCCn1nnnc1SCCc1cccnc1. The first kappa shape index (κ1) is 15.9. The molecule has 2 aromatic rings. The van der Waals surface area contributed by atoms with Crippen molar-refractivity contribution < 1.29 is 4.74 Å². The predicted molar refractivity (Wildman–Crippen MR) is 81.2 cm³/mol. The van der Waals surface area contributed by atoms with Crippen molar-refractivity contribution in [1.82, 2.24) is 30.5 Å². The van der Waals surface area contributed by atoms with Crippen LogP contribution in [0, 0.1) is 0 Å². The first-order valence-electron chi connectivity index (χ1n) is 6.87. The predicted octanol–water partition coefficient (Wildman–Crippen LogP) is 0.639. The summed E-state index contributed by atoms with van der Waals surface area (Å²) in [6.45, 7) is 3.13. The third kappa shape index (κ3) is 5.78. The van der Waals surface area contributed by atoms with Gasteiger partial charge in [0.2, 0.25) is 5.16 Å². The lowest BCUT2D eigenvalue weighted by Crippen LogP contribution is -2.24. The van der Waals surface area contributed by atoms with Gasteiger partial charge in [0.1, 0.15) is 0 Å². The average Bonchev–Trinajstić information content (AvgIpc) is 2.96.